The molecule has 0 unspecified atom stereocenters. The van der Waals surface area contributed by atoms with Crippen molar-refractivity contribution >= 4 is 45.3 Å². The van der Waals surface area contributed by atoms with E-state index in [1.165, 1.54) is 29.5 Å². The Balaban J connectivity index is 1.92. The molecule has 1 aliphatic rings. The lowest BCUT2D eigenvalue weighted by atomic mass is 9.93. The number of carbonyl (C=O) groups excluding carboxylic acids is 1. The van der Waals surface area contributed by atoms with Crippen LogP contribution in [0, 0.1) is 0 Å². The summed E-state index contributed by atoms with van der Waals surface area (Å²) in [6, 6.07) is 6.40. The maximum absolute atomic E-state index is 12.6. The zero-order valence-electron chi connectivity index (χ0n) is 18.6. The minimum Gasteiger partial charge on any atom is -0.465 e. The van der Waals surface area contributed by atoms with E-state index in [1.807, 2.05) is 0 Å². The molecule has 0 radical (unpaired) electrons. The van der Waals surface area contributed by atoms with E-state index < -0.39 is 0 Å². The number of nitrogens with one attached hydrogen (secondary N) is 2. The van der Waals surface area contributed by atoms with Crippen LogP contribution in [-0.4, -0.2) is 18.2 Å². The molecule has 6 heteroatoms. The van der Waals surface area contributed by atoms with E-state index >= 15 is 0 Å². The number of hydrogen-bond donors (Lipinski definition) is 2. The first-order valence-corrected chi connectivity index (χ1v) is 12.0. The zero-order chi connectivity index (χ0) is 21.8. The number of ether oxygens (including phenoxy) is 1. The summed E-state index contributed by atoms with van der Waals surface area (Å²) in [7, 11) is 1.44. The van der Waals surface area contributed by atoms with Crippen LogP contribution in [0.4, 0.5) is 10.7 Å². The first-order chi connectivity index (χ1) is 14.3. The van der Waals surface area contributed by atoms with Gasteiger partial charge in [-0.15, -0.1) is 11.3 Å². The fraction of sp³-hybridized carbons (Fsp3) is 0.500. The molecular formula is C24H32N2O2S2. The van der Waals surface area contributed by atoms with Gasteiger partial charge in [0.2, 0.25) is 0 Å². The number of para-hydroxylation sites is 1. The molecule has 2 aromatic rings. The van der Waals surface area contributed by atoms with Gasteiger partial charge in [0, 0.05) is 10.6 Å². The van der Waals surface area contributed by atoms with Crippen molar-refractivity contribution in [3.63, 3.8) is 0 Å². The van der Waals surface area contributed by atoms with Gasteiger partial charge in [-0.1, -0.05) is 52.3 Å². The Labute approximate surface area is 189 Å². The van der Waals surface area contributed by atoms with E-state index in [1.54, 1.807) is 11.3 Å². The molecule has 0 saturated carbocycles. The number of benzene rings is 1. The highest BCUT2D eigenvalue weighted by molar-refractivity contribution is 7.80. The minimum atomic E-state index is -0.287. The highest BCUT2D eigenvalue weighted by Gasteiger charge is 2.26. The lowest BCUT2D eigenvalue weighted by Gasteiger charge is -2.21. The van der Waals surface area contributed by atoms with Crippen LogP contribution >= 0.6 is 23.6 Å². The van der Waals surface area contributed by atoms with Crippen LogP contribution in [-0.2, 0) is 17.6 Å². The lowest BCUT2D eigenvalue weighted by Crippen LogP contribution is -2.22. The number of hydrogen-bond acceptors (Lipinski definition) is 4. The molecule has 1 aliphatic carbocycles. The van der Waals surface area contributed by atoms with Crippen molar-refractivity contribution in [2.24, 2.45) is 0 Å². The van der Waals surface area contributed by atoms with Gasteiger partial charge >= 0.3 is 5.97 Å². The van der Waals surface area contributed by atoms with Crippen LogP contribution in [0.5, 0.6) is 0 Å². The Morgan fingerprint density at radius 1 is 1.03 bits per heavy atom. The Bertz CT molecular complexity index is 905. The van der Waals surface area contributed by atoms with Crippen molar-refractivity contribution in [3.8, 4) is 0 Å². The molecule has 0 atom stereocenters. The molecule has 4 nitrogen and oxygen atoms in total. The molecule has 0 saturated heterocycles. The van der Waals surface area contributed by atoms with Crippen molar-refractivity contribution in [2.45, 2.75) is 71.6 Å². The molecule has 2 N–H and O–H groups in total. The third-order valence-electron chi connectivity index (χ3n) is 5.65. The van der Waals surface area contributed by atoms with Gasteiger partial charge in [-0.25, -0.2) is 4.79 Å². The number of rotatable bonds is 5. The quantitative estimate of drug-likeness (QED) is 0.300. The van der Waals surface area contributed by atoms with Crippen molar-refractivity contribution in [1.29, 1.82) is 0 Å². The number of methoxy groups -OCH3 is 1. The molecular weight excluding hydrogens is 412 g/mol. The molecule has 0 bridgehead atoms. The van der Waals surface area contributed by atoms with Gasteiger partial charge in [0.25, 0.3) is 0 Å². The first-order valence-electron chi connectivity index (χ1n) is 10.8. The average Bonchev–Trinajstić information content (AvgIpc) is 2.87. The second-order valence-corrected chi connectivity index (χ2v) is 9.97. The van der Waals surface area contributed by atoms with E-state index in [-0.39, 0.29) is 5.97 Å². The van der Waals surface area contributed by atoms with Gasteiger partial charge in [0.05, 0.1) is 12.7 Å². The lowest BCUT2D eigenvalue weighted by molar-refractivity contribution is 0.0601. The summed E-state index contributed by atoms with van der Waals surface area (Å²) in [5.74, 6) is 0.458. The van der Waals surface area contributed by atoms with Crippen LogP contribution in [0.25, 0.3) is 0 Å². The zero-order valence-corrected chi connectivity index (χ0v) is 20.2. The Kier molecular flexibility index (Phi) is 7.53. The second-order valence-electron chi connectivity index (χ2n) is 8.46. The van der Waals surface area contributed by atoms with Gasteiger partial charge < -0.3 is 15.4 Å². The molecule has 0 spiro atoms. The van der Waals surface area contributed by atoms with Gasteiger partial charge in [-0.2, -0.15) is 0 Å². The smallest absolute Gasteiger partial charge is 0.341 e. The number of aryl methyl sites for hydroxylation is 1. The number of carbonyl (C=O) groups is 1. The predicted octanol–water partition coefficient (Wildman–Crippen LogP) is 6.86. The highest BCUT2D eigenvalue weighted by atomic mass is 32.1. The summed E-state index contributed by atoms with van der Waals surface area (Å²) in [4.78, 5) is 13.9. The SMILES string of the molecule is COC(=O)c1c(NC(=S)Nc2c(C(C)C)cccc2C(C)C)sc2c1CCCCC2. The van der Waals surface area contributed by atoms with Gasteiger partial charge in [-0.05, 0) is 66.4 Å². The highest BCUT2D eigenvalue weighted by Crippen LogP contribution is 2.38. The van der Waals surface area contributed by atoms with E-state index in [0.717, 1.165) is 41.9 Å². The summed E-state index contributed by atoms with van der Waals surface area (Å²) in [6.45, 7) is 8.75. The van der Waals surface area contributed by atoms with E-state index in [0.29, 0.717) is 22.5 Å². The van der Waals surface area contributed by atoms with Gasteiger partial charge in [0.1, 0.15) is 5.00 Å². The van der Waals surface area contributed by atoms with Crippen LogP contribution in [0.1, 0.15) is 90.7 Å². The predicted molar refractivity (Wildman–Crippen MR) is 131 cm³/mol. The van der Waals surface area contributed by atoms with Crippen molar-refractivity contribution in [1.82, 2.24) is 0 Å². The number of thiophene rings is 1. The van der Waals surface area contributed by atoms with Crippen LogP contribution < -0.4 is 10.6 Å². The van der Waals surface area contributed by atoms with E-state index in [9.17, 15) is 4.79 Å². The molecule has 0 amide bonds. The average molecular weight is 445 g/mol. The Morgan fingerprint density at radius 3 is 2.27 bits per heavy atom. The molecule has 0 fully saturated rings. The molecule has 3 rings (SSSR count). The summed E-state index contributed by atoms with van der Waals surface area (Å²) in [6.07, 6.45) is 5.41. The monoisotopic (exact) mass is 444 g/mol. The van der Waals surface area contributed by atoms with Crippen molar-refractivity contribution in [3.05, 3.63) is 45.3 Å². The molecule has 30 heavy (non-hydrogen) atoms. The third-order valence-corrected chi connectivity index (χ3v) is 7.06. The summed E-state index contributed by atoms with van der Waals surface area (Å²) in [5, 5.41) is 8.06. The summed E-state index contributed by atoms with van der Waals surface area (Å²) < 4.78 is 5.11. The number of fused-ring (bicyclic) bond motifs is 1. The molecule has 162 valence electrons. The Morgan fingerprint density at radius 2 is 1.67 bits per heavy atom. The maximum atomic E-state index is 12.6. The standard InChI is InChI=1S/C24H32N2O2S2/c1-14(2)16-11-9-12-17(15(3)4)21(16)25-24(29)26-22-20(23(27)28-5)18-10-7-6-8-13-19(18)30-22/h9,11-12,14-15H,6-8,10,13H2,1-5H3,(H2,25,26,29). The van der Waals surface area contributed by atoms with Crippen LogP contribution in [0.15, 0.2) is 18.2 Å². The minimum absolute atomic E-state index is 0.287. The van der Waals surface area contributed by atoms with Crippen molar-refractivity contribution in [2.75, 3.05) is 17.7 Å². The first kappa shape index (κ1) is 22.8. The molecule has 1 heterocycles. The Hall–Kier alpha value is -1.92. The fourth-order valence-electron chi connectivity index (χ4n) is 4.09. The van der Waals surface area contributed by atoms with Gasteiger partial charge in [0.15, 0.2) is 5.11 Å². The molecule has 1 aromatic carbocycles. The summed E-state index contributed by atoms with van der Waals surface area (Å²) in [5.41, 5.74) is 5.34. The topological polar surface area (TPSA) is 50.4 Å². The maximum Gasteiger partial charge on any atom is 0.341 e. The fourth-order valence-corrected chi connectivity index (χ4v) is 5.64. The van der Waals surface area contributed by atoms with Crippen LogP contribution in [0.2, 0.25) is 0 Å². The molecule has 0 aliphatic heterocycles. The normalized spacial score (nSPS) is 13.7. The van der Waals surface area contributed by atoms with Gasteiger partial charge in [-0.3, -0.25) is 0 Å². The van der Waals surface area contributed by atoms with E-state index in [4.69, 9.17) is 17.0 Å². The summed E-state index contributed by atoms with van der Waals surface area (Å²) >= 11 is 7.33. The van der Waals surface area contributed by atoms with E-state index in [2.05, 4.69) is 56.5 Å². The molecule has 1 aromatic heterocycles. The number of anilines is 2. The number of thiocarbonyl (C=S) groups is 1. The number of esters is 1. The van der Waals surface area contributed by atoms with Crippen molar-refractivity contribution < 1.29 is 9.53 Å². The van der Waals surface area contributed by atoms with Crippen LogP contribution in [0.3, 0.4) is 0 Å². The second kappa shape index (κ2) is 9.92. The largest absolute Gasteiger partial charge is 0.465 e. The third kappa shape index (κ3) is 4.86.